The lowest BCUT2D eigenvalue weighted by molar-refractivity contribution is 0.102. The summed E-state index contributed by atoms with van der Waals surface area (Å²) >= 11 is 6.07. The lowest BCUT2D eigenvalue weighted by Gasteiger charge is -2.10. The number of aromatic nitrogens is 2. The normalized spacial score (nSPS) is 10.4. The molecule has 0 bridgehead atoms. The van der Waals surface area contributed by atoms with Gasteiger partial charge in [-0.25, -0.2) is 9.97 Å². The third-order valence-electron chi connectivity index (χ3n) is 3.95. The number of benzene rings is 2. The van der Waals surface area contributed by atoms with Gasteiger partial charge in [0.15, 0.2) is 0 Å². The molecule has 2 N–H and O–H groups in total. The molecule has 0 radical (unpaired) electrons. The largest absolute Gasteiger partial charge is 0.495 e. The molecule has 0 atom stereocenters. The smallest absolute Gasteiger partial charge is 0.258 e. The molecule has 7 heteroatoms. The van der Waals surface area contributed by atoms with E-state index < -0.39 is 0 Å². The number of nitrogens with zero attached hydrogens (tertiary/aromatic N) is 2. The Morgan fingerprint density at radius 2 is 1.81 bits per heavy atom. The van der Waals surface area contributed by atoms with E-state index in [0.29, 0.717) is 28.0 Å². The van der Waals surface area contributed by atoms with Crippen molar-refractivity contribution >= 4 is 34.8 Å². The summed E-state index contributed by atoms with van der Waals surface area (Å²) in [7, 11) is 1.53. The van der Waals surface area contributed by atoms with Gasteiger partial charge in [-0.2, -0.15) is 0 Å². The molecule has 2 aromatic carbocycles. The number of aryl methyl sites for hydroxylation is 2. The van der Waals surface area contributed by atoms with Crippen LogP contribution < -0.4 is 15.4 Å². The van der Waals surface area contributed by atoms with Crippen molar-refractivity contribution < 1.29 is 9.53 Å². The molecule has 0 aliphatic carbocycles. The molecule has 0 aliphatic rings. The number of carbonyl (C=O) groups is 1. The first kappa shape index (κ1) is 18.7. The molecule has 0 aliphatic heterocycles. The van der Waals surface area contributed by atoms with Crippen molar-refractivity contribution in [2.75, 3.05) is 17.7 Å². The molecule has 0 unspecified atom stereocenters. The maximum atomic E-state index is 12.4. The summed E-state index contributed by atoms with van der Waals surface area (Å²) in [5.74, 6) is 0.639. The predicted molar refractivity (Wildman–Crippen MR) is 107 cm³/mol. The van der Waals surface area contributed by atoms with E-state index in [1.807, 2.05) is 26.0 Å². The van der Waals surface area contributed by atoms with E-state index in [0.717, 1.165) is 11.3 Å². The molecule has 1 amide bonds. The number of carbonyl (C=O) groups excluding carboxylic acids is 1. The topological polar surface area (TPSA) is 76.1 Å². The van der Waals surface area contributed by atoms with E-state index in [1.54, 1.807) is 18.2 Å². The Kier molecular flexibility index (Phi) is 5.57. The second kappa shape index (κ2) is 8.05. The molecule has 0 saturated heterocycles. The number of ether oxygens (including phenoxy) is 1. The van der Waals surface area contributed by atoms with Crippen LogP contribution >= 0.6 is 11.6 Å². The summed E-state index contributed by atoms with van der Waals surface area (Å²) in [5, 5.41) is 6.32. The second-order valence-electron chi connectivity index (χ2n) is 6.04. The monoisotopic (exact) mass is 382 g/mol. The molecular formula is C20H19ClN4O2. The second-order valence-corrected chi connectivity index (χ2v) is 6.45. The van der Waals surface area contributed by atoms with Crippen LogP contribution in [0.2, 0.25) is 5.02 Å². The van der Waals surface area contributed by atoms with Gasteiger partial charge >= 0.3 is 0 Å². The number of amides is 1. The van der Waals surface area contributed by atoms with E-state index in [2.05, 4.69) is 26.7 Å². The van der Waals surface area contributed by atoms with Crippen LogP contribution in [-0.4, -0.2) is 23.0 Å². The summed E-state index contributed by atoms with van der Waals surface area (Å²) in [5.41, 5.74) is 4.10. The van der Waals surface area contributed by atoms with Crippen LogP contribution in [0.15, 0.2) is 48.8 Å². The summed E-state index contributed by atoms with van der Waals surface area (Å²) in [6, 6.07) is 11.1. The van der Waals surface area contributed by atoms with Crippen molar-refractivity contribution in [3.05, 3.63) is 70.5 Å². The first-order chi connectivity index (χ1) is 13.0. The van der Waals surface area contributed by atoms with Gasteiger partial charge in [-0.3, -0.25) is 4.79 Å². The van der Waals surface area contributed by atoms with E-state index in [9.17, 15) is 4.79 Å². The van der Waals surface area contributed by atoms with Gasteiger partial charge in [0.25, 0.3) is 5.91 Å². The van der Waals surface area contributed by atoms with E-state index >= 15 is 0 Å². The van der Waals surface area contributed by atoms with Gasteiger partial charge < -0.3 is 15.4 Å². The highest BCUT2D eigenvalue weighted by atomic mass is 35.5. The van der Waals surface area contributed by atoms with Gasteiger partial charge in [-0.1, -0.05) is 29.3 Å². The summed E-state index contributed by atoms with van der Waals surface area (Å²) < 4.78 is 5.09. The maximum Gasteiger partial charge on any atom is 0.258 e. The molecule has 3 rings (SSSR count). The lowest BCUT2D eigenvalue weighted by atomic mass is 10.1. The number of methoxy groups -OCH3 is 1. The Hall–Kier alpha value is -3.12. The molecule has 1 aromatic heterocycles. The Bertz CT molecular complexity index is 974. The minimum absolute atomic E-state index is 0.325. The highest BCUT2D eigenvalue weighted by Gasteiger charge is 2.10. The molecule has 0 spiro atoms. The molecule has 138 valence electrons. The van der Waals surface area contributed by atoms with Crippen molar-refractivity contribution in [1.29, 1.82) is 0 Å². The van der Waals surface area contributed by atoms with Crippen molar-refractivity contribution in [1.82, 2.24) is 9.97 Å². The fraction of sp³-hybridized carbons (Fsp3) is 0.150. The molecular weight excluding hydrogens is 364 g/mol. The number of hydrogen-bond donors (Lipinski definition) is 2. The quantitative estimate of drug-likeness (QED) is 0.665. The zero-order valence-corrected chi connectivity index (χ0v) is 16.0. The van der Waals surface area contributed by atoms with Crippen LogP contribution in [-0.2, 0) is 0 Å². The van der Waals surface area contributed by atoms with Crippen LogP contribution in [0.4, 0.5) is 17.3 Å². The van der Waals surface area contributed by atoms with E-state index in [4.69, 9.17) is 16.3 Å². The summed E-state index contributed by atoms with van der Waals surface area (Å²) in [4.78, 5) is 20.8. The summed E-state index contributed by atoms with van der Waals surface area (Å²) in [6.45, 7) is 4.05. The SMILES string of the molecule is COc1ccc(NC(=O)c2cnc(Nc3ccc(C)cc3C)nc2)cc1Cl. The zero-order valence-electron chi connectivity index (χ0n) is 15.2. The third-order valence-corrected chi connectivity index (χ3v) is 4.25. The number of nitrogens with one attached hydrogen (secondary N) is 2. The van der Waals surface area contributed by atoms with E-state index in [1.165, 1.54) is 25.1 Å². The molecule has 1 heterocycles. The van der Waals surface area contributed by atoms with Crippen LogP contribution in [0, 0.1) is 13.8 Å². The molecule has 27 heavy (non-hydrogen) atoms. The lowest BCUT2D eigenvalue weighted by Crippen LogP contribution is -2.13. The first-order valence-corrected chi connectivity index (χ1v) is 8.65. The van der Waals surface area contributed by atoms with Gasteiger partial charge in [0.1, 0.15) is 5.75 Å². The molecule has 0 fully saturated rings. The van der Waals surface area contributed by atoms with Crippen LogP contribution in [0.3, 0.4) is 0 Å². The van der Waals surface area contributed by atoms with Crippen LogP contribution in [0.1, 0.15) is 21.5 Å². The van der Waals surface area contributed by atoms with Crippen LogP contribution in [0.5, 0.6) is 5.75 Å². The highest BCUT2D eigenvalue weighted by Crippen LogP contribution is 2.27. The number of halogens is 1. The minimum atomic E-state index is -0.325. The summed E-state index contributed by atoms with van der Waals surface area (Å²) in [6.07, 6.45) is 2.94. The van der Waals surface area contributed by atoms with Gasteiger partial charge in [0.05, 0.1) is 17.7 Å². The van der Waals surface area contributed by atoms with Gasteiger partial charge in [-0.05, 0) is 43.7 Å². The third kappa shape index (κ3) is 4.54. The Balaban J connectivity index is 1.69. The number of rotatable bonds is 5. The maximum absolute atomic E-state index is 12.4. The molecule has 0 saturated carbocycles. The zero-order chi connectivity index (χ0) is 19.4. The van der Waals surface area contributed by atoms with Gasteiger partial charge in [0.2, 0.25) is 5.95 Å². The first-order valence-electron chi connectivity index (χ1n) is 8.27. The Morgan fingerprint density at radius 1 is 1.07 bits per heavy atom. The van der Waals surface area contributed by atoms with Crippen molar-refractivity contribution in [2.45, 2.75) is 13.8 Å². The van der Waals surface area contributed by atoms with E-state index in [-0.39, 0.29) is 5.91 Å². The standard InChI is InChI=1S/C20H19ClN4O2/c1-12-4-6-17(13(2)8-12)25-20-22-10-14(11-23-20)19(26)24-15-5-7-18(27-3)16(21)9-15/h4-11H,1-3H3,(H,24,26)(H,22,23,25). The van der Waals surface area contributed by atoms with Crippen molar-refractivity contribution in [3.8, 4) is 5.75 Å². The molecule has 3 aromatic rings. The Labute approximate surface area is 162 Å². The van der Waals surface area contributed by atoms with Crippen molar-refractivity contribution in [3.63, 3.8) is 0 Å². The average Bonchev–Trinajstić information content (AvgIpc) is 2.65. The predicted octanol–water partition coefficient (Wildman–Crippen LogP) is 4.75. The minimum Gasteiger partial charge on any atom is -0.495 e. The average molecular weight is 383 g/mol. The highest BCUT2D eigenvalue weighted by molar-refractivity contribution is 6.32. The molecule has 6 nitrogen and oxygen atoms in total. The Morgan fingerprint density at radius 3 is 2.44 bits per heavy atom. The fourth-order valence-corrected chi connectivity index (χ4v) is 2.79. The van der Waals surface area contributed by atoms with Crippen molar-refractivity contribution in [2.24, 2.45) is 0 Å². The fourth-order valence-electron chi connectivity index (χ4n) is 2.53. The number of anilines is 3. The van der Waals surface area contributed by atoms with Gasteiger partial charge in [0, 0.05) is 23.8 Å². The number of hydrogen-bond acceptors (Lipinski definition) is 5. The van der Waals surface area contributed by atoms with Crippen LogP contribution in [0.25, 0.3) is 0 Å². The van der Waals surface area contributed by atoms with Gasteiger partial charge in [-0.15, -0.1) is 0 Å².